The highest BCUT2D eigenvalue weighted by molar-refractivity contribution is 8.15. The molecular weight excluding hydrogens is 511 g/mol. The van der Waals surface area contributed by atoms with Crippen LogP contribution in [0.5, 0.6) is 0 Å². The fourth-order valence-electron chi connectivity index (χ4n) is 4.32. The van der Waals surface area contributed by atoms with Crippen molar-refractivity contribution in [1.82, 2.24) is 5.01 Å². The molecule has 0 saturated carbocycles. The van der Waals surface area contributed by atoms with E-state index in [0.717, 1.165) is 33.7 Å². The van der Waals surface area contributed by atoms with Crippen LogP contribution in [0.2, 0.25) is 5.02 Å². The van der Waals surface area contributed by atoms with Crippen molar-refractivity contribution in [1.29, 1.82) is 0 Å². The van der Waals surface area contributed by atoms with E-state index in [1.54, 1.807) is 23.2 Å². The van der Waals surface area contributed by atoms with Crippen LogP contribution in [0.3, 0.4) is 0 Å². The van der Waals surface area contributed by atoms with Crippen LogP contribution in [0.25, 0.3) is 0 Å². The minimum atomic E-state index is -0.648. The summed E-state index contributed by atoms with van der Waals surface area (Å²) in [4.78, 5) is 29.9. The van der Waals surface area contributed by atoms with Crippen molar-refractivity contribution in [2.45, 2.75) is 38.0 Å². The maximum absolute atomic E-state index is 13.5. The number of nitrogens with zero attached hydrogens (tertiary/aromatic N) is 3. The second-order valence-electron chi connectivity index (χ2n) is 9.08. The van der Waals surface area contributed by atoms with Gasteiger partial charge in [-0.25, -0.2) is 9.40 Å². The van der Waals surface area contributed by atoms with Crippen LogP contribution in [-0.2, 0) is 9.59 Å². The van der Waals surface area contributed by atoms with Gasteiger partial charge in [-0.05, 0) is 66.4 Å². The maximum Gasteiger partial charge on any atom is 0.262 e. The Labute approximate surface area is 223 Å². The molecule has 37 heavy (non-hydrogen) atoms. The average molecular weight is 535 g/mol. The van der Waals surface area contributed by atoms with Gasteiger partial charge in [0.25, 0.3) is 5.91 Å². The molecule has 0 aromatic heterocycles. The summed E-state index contributed by atoms with van der Waals surface area (Å²) in [6, 6.07) is 19.2. The summed E-state index contributed by atoms with van der Waals surface area (Å²) in [6.07, 6.45) is 0.519. The number of carbonyl (C=O) groups is 2. The molecule has 0 unspecified atom stereocenters. The molecule has 0 aliphatic carbocycles. The van der Waals surface area contributed by atoms with Gasteiger partial charge in [0.05, 0.1) is 11.8 Å². The predicted octanol–water partition coefficient (Wildman–Crippen LogP) is 6.27. The maximum atomic E-state index is 13.5. The highest BCUT2D eigenvalue weighted by Crippen LogP contribution is 2.39. The molecule has 188 valence electrons. The Morgan fingerprint density at radius 1 is 1.14 bits per heavy atom. The van der Waals surface area contributed by atoms with Crippen LogP contribution in [0, 0.1) is 19.7 Å². The molecule has 0 saturated heterocycles. The fraction of sp³-hybridized carbons (Fsp3) is 0.214. The van der Waals surface area contributed by atoms with E-state index in [2.05, 4.69) is 10.3 Å². The van der Waals surface area contributed by atoms with E-state index < -0.39 is 5.25 Å². The fourth-order valence-corrected chi connectivity index (χ4v) is 5.58. The van der Waals surface area contributed by atoms with Crippen LogP contribution in [-0.4, -0.2) is 33.0 Å². The van der Waals surface area contributed by atoms with Gasteiger partial charge in [-0.1, -0.05) is 59.8 Å². The topological polar surface area (TPSA) is 74.1 Å². The molecular formula is C28H24ClFN4O2S. The third-order valence-electron chi connectivity index (χ3n) is 6.28. The van der Waals surface area contributed by atoms with E-state index in [4.69, 9.17) is 16.7 Å². The van der Waals surface area contributed by atoms with Crippen molar-refractivity contribution in [3.05, 3.63) is 99.8 Å². The first-order valence-electron chi connectivity index (χ1n) is 11.8. The van der Waals surface area contributed by atoms with E-state index in [0.29, 0.717) is 16.6 Å². The molecule has 6 nitrogen and oxygen atoms in total. The highest BCUT2D eigenvalue weighted by Gasteiger charge is 2.39. The lowest BCUT2D eigenvalue weighted by molar-refractivity contribution is -0.121. The van der Waals surface area contributed by atoms with Gasteiger partial charge in [0.1, 0.15) is 11.1 Å². The number of thioether (sulfide) groups is 1. The van der Waals surface area contributed by atoms with Crippen LogP contribution < -0.4 is 5.32 Å². The Hall–Kier alpha value is -3.49. The monoisotopic (exact) mass is 534 g/mol. The molecule has 5 rings (SSSR count). The van der Waals surface area contributed by atoms with Gasteiger partial charge >= 0.3 is 0 Å². The summed E-state index contributed by atoms with van der Waals surface area (Å²) in [5.41, 5.74) is 5.17. The molecule has 2 aliphatic heterocycles. The van der Waals surface area contributed by atoms with Gasteiger partial charge < -0.3 is 5.32 Å². The van der Waals surface area contributed by atoms with Crippen molar-refractivity contribution < 1.29 is 14.0 Å². The number of benzene rings is 3. The molecule has 2 heterocycles. The summed E-state index contributed by atoms with van der Waals surface area (Å²) >= 11 is 7.49. The number of amides is 2. The number of amidine groups is 1. The zero-order chi connectivity index (χ0) is 26.1. The molecule has 3 aromatic carbocycles. The Morgan fingerprint density at radius 3 is 2.68 bits per heavy atom. The van der Waals surface area contributed by atoms with Gasteiger partial charge in [-0.2, -0.15) is 10.1 Å². The molecule has 0 bridgehead atoms. The Balaban J connectivity index is 1.36. The lowest BCUT2D eigenvalue weighted by atomic mass is 9.98. The molecule has 0 spiro atoms. The summed E-state index contributed by atoms with van der Waals surface area (Å²) in [5.74, 6) is -0.945. The second-order valence-corrected chi connectivity index (χ2v) is 10.7. The lowest BCUT2D eigenvalue weighted by Crippen LogP contribution is -2.25. The average Bonchev–Trinajstić information content (AvgIpc) is 3.46. The lowest BCUT2D eigenvalue weighted by Gasteiger charge is -2.23. The molecule has 3 aromatic rings. The molecule has 1 N–H and O–H groups in total. The predicted molar refractivity (Wildman–Crippen MR) is 147 cm³/mol. The van der Waals surface area contributed by atoms with Gasteiger partial charge in [-0.3, -0.25) is 9.59 Å². The van der Waals surface area contributed by atoms with Gasteiger partial charge in [0.2, 0.25) is 5.91 Å². The van der Waals surface area contributed by atoms with Crippen molar-refractivity contribution in [2.24, 2.45) is 10.1 Å². The van der Waals surface area contributed by atoms with Crippen LogP contribution in [0.15, 0.2) is 76.8 Å². The van der Waals surface area contributed by atoms with Crippen molar-refractivity contribution in [3.63, 3.8) is 0 Å². The Kier molecular flexibility index (Phi) is 7.13. The first-order valence-corrected chi connectivity index (χ1v) is 13.1. The number of aryl methyl sites for hydroxylation is 2. The normalized spacial score (nSPS) is 19.1. The first-order chi connectivity index (χ1) is 17.8. The zero-order valence-electron chi connectivity index (χ0n) is 20.2. The number of rotatable bonds is 5. The molecule has 0 radical (unpaired) electrons. The second kappa shape index (κ2) is 10.5. The smallest absolute Gasteiger partial charge is 0.262 e. The number of hydrazone groups is 1. The molecule has 2 atom stereocenters. The van der Waals surface area contributed by atoms with Crippen LogP contribution in [0.4, 0.5) is 10.1 Å². The third-order valence-corrected chi connectivity index (χ3v) is 7.66. The molecule has 9 heteroatoms. The van der Waals surface area contributed by atoms with Crippen LogP contribution >= 0.6 is 23.4 Å². The van der Waals surface area contributed by atoms with Gasteiger partial charge in [0.15, 0.2) is 5.17 Å². The largest absolute Gasteiger partial charge is 0.326 e. The standard InChI is InChI=1S/C28H24ClFN4O2S/c1-16-6-7-17(2)22(12-16)31-26(35)15-25-27(36)32-28(37-25)34-24(19-4-3-5-20(29)13-19)14-23(33-34)18-8-10-21(30)11-9-18/h3-13,24-25H,14-15H2,1-2H3,(H,31,35)/t24-,25+/m1/s1. The summed E-state index contributed by atoms with van der Waals surface area (Å²) < 4.78 is 13.5. The number of hydrogen-bond donors (Lipinski definition) is 1. The Bertz CT molecular complexity index is 1440. The minimum Gasteiger partial charge on any atom is -0.326 e. The summed E-state index contributed by atoms with van der Waals surface area (Å²) in [7, 11) is 0. The number of halogens is 2. The van der Waals surface area contributed by atoms with Crippen molar-refractivity contribution in [3.8, 4) is 0 Å². The quantitative estimate of drug-likeness (QED) is 0.418. The van der Waals surface area contributed by atoms with E-state index in [9.17, 15) is 14.0 Å². The number of anilines is 1. The van der Waals surface area contributed by atoms with E-state index in [1.165, 1.54) is 23.9 Å². The van der Waals surface area contributed by atoms with E-state index >= 15 is 0 Å². The van der Waals surface area contributed by atoms with Gasteiger partial charge in [-0.15, -0.1) is 0 Å². The number of hydrogen-bond acceptors (Lipinski definition) is 5. The molecule has 0 fully saturated rings. The van der Waals surface area contributed by atoms with Crippen molar-refractivity contribution in [2.75, 3.05) is 5.32 Å². The number of aliphatic imine (C=N–C) groups is 1. The van der Waals surface area contributed by atoms with Crippen LogP contribution in [0.1, 0.15) is 41.1 Å². The zero-order valence-corrected chi connectivity index (χ0v) is 21.8. The molecule has 2 aliphatic rings. The number of nitrogens with one attached hydrogen (secondary N) is 1. The summed E-state index contributed by atoms with van der Waals surface area (Å²) in [6.45, 7) is 3.88. The van der Waals surface area contributed by atoms with Crippen molar-refractivity contribution >= 4 is 51.7 Å². The van der Waals surface area contributed by atoms with E-state index in [1.807, 2.05) is 50.2 Å². The summed E-state index contributed by atoms with van der Waals surface area (Å²) in [5, 5.41) is 9.78. The minimum absolute atomic E-state index is 0.00587. The highest BCUT2D eigenvalue weighted by atomic mass is 35.5. The third kappa shape index (κ3) is 5.60. The van der Waals surface area contributed by atoms with Gasteiger partial charge in [0, 0.05) is 23.6 Å². The van der Waals surface area contributed by atoms with E-state index in [-0.39, 0.29) is 30.1 Å². The molecule has 2 amide bonds. The number of carbonyl (C=O) groups excluding carboxylic acids is 2. The SMILES string of the molecule is Cc1ccc(C)c(NC(=O)C[C@@H]2SC(N3N=C(c4ccc(F)cc4)C[C@@H]3c3cccc(Cl)c3)=NC2=O)c1. The first kappa shape index (κ1) is 25.2. The Morgan fingerprint density at radius 2 is 1.92 bits per heavy atom.